The summed E-state index contributed by atoms with van der Waals surface area (Å²) < 4.78 is 5.42. The molecule has 0 bridgehead atoms. The summed E-state index contributed by atoms with van der Waals surface area (Å²) in [7, 11) is 1.75. The van der Waals surface area contributed by atoms with E-state index in [2.05, 4.69) is 37.4 Å². The number of methoxy groups -OCH3 is 1. The van der Waals surface area contributed by atoms with E-state index < -0.39 is 0 Å². The lowest BCUT2D eigenvalue weighted by molar-refractivity contribution is 0.407. The smallest absolute Gasteiger partial charge is 0.122 e. The number of hydrogen-bond donors (Lipinski definition) is 1. The van der Waals surface area contributed by atoms with Crippen LogP contribution >= 0.6 is 0 Å². The quantitative estimate of drug-likeness (QED) is 0.862. The van der Waals surface area contributed by atoms with Gasteiger partial charge in [-0.1, -0.05) is 26.0 Å². The highest BCUT2D eigenvalue weighted by atomic mass is 16.5. The van der Waals surface area contributed by atoms with Crippen LogP contribution in [0.4, 0.5) is 0 Å². The first-order chi connectivity index (χ1) is 8.20. The molecule has 0 aliphatic carbocycles. The summed E-state index contributed by atoms with van der Waals surface area (Å²) in [5.74, 6) is 1.53. The van der Waals surface area contributed by atoms with Gasteiger partial charge in [0, 0.05) is 6.04 Å². The molecule has 2 nitrogen and oxygen atoms in total. The molecule has 2 heteroatoms. The summed E-state index contributed by atoms with van der Waals surface area (Å²) in [6, 6.07) is 7.29. The molecular weight excluding hydrogens is 210 g/mol. The summed E-state index contributed by atoms with van der Waals surface area (Å²) in [6.07, 6.45) is 3.77. The average molecular weight is 233 g/mol. The van der Waals surface area contributed by atoms with Gasteiger partial charge >= 0.3 is 0 Å². The van der Waals surface area contributed by atoms with Gasteiger partial charge in [-0.05, 0) is 48.9 Å². The summed E-state index contributed by atoms with van der Waals surface area (Å²) >= 11 is 0. The van der Waals surface area contributed by atoms with E-state index in [1.54, 1.807) is 7.11 Å². The molecule has 0 amide bonds. The van der Waals surface area contributed by atoms with Crippen molar-refractivity contribution in [1.82, 2.24) is 5.32 Å². The second-order valence-corrected chi connectivity index (χ2v) is 5.23. The highest BCUT2D eigenvalue weighted by molar-refractivity contribution is 5.39. The van der Waals surface area contributed by atoms with Crippen molar-refractivity contribution in [3.05, 3.63) is 29.3 Å². The van der Waals surface area contributed by atoms with Crippen LogP contribution in [-0.2, 0) is 6.42 Å². The second kappa shape index (κ2) is 5.54. The molecule has 1 fully saturated rings. The van der Waals surface area contributed by atoms with Gasteiger partial charge in [0.1, 0.15) is 5.75 Å². The number of rotatable bonds is 4. The Morgan fingerprint density at radius 3 is 2.82 bits per heavy atom. The Kier molecular flexibility index (Phi) is 4.06. The first-order valence-electron chi connectivity index (χ1n) is 6.61. The van der Waals surface area contributed by atoms with Crippen molar-refractivity contribution in [2.24, 2.45) is 0 Å². The van der Waals surface area contributed by atoms with E-state index in [0.717, 1.165) is 12.2 Å². The van der Waals surface area contributed by atoms with Gasteiger partial charge in [-0.15, -0.1) is 0 Å². The van der Waals surface area contributed by atoms with E-state index in [9.17, 15) is 0 Å². The molecule has 0 spiro atoms. The molecule has 1 aromatic rings. The van der Waals surface area contributed by atoms with Crippen molar-refractivity contribution in [2.45, 2.75) is 45.1 Å². The Hall–Kier alpha value is -1.02. The average Bonchev–Trinajstić information content (AvgIpc) is 2.81. The second-order valence-electron chi connectivity index (χ2n) is 5.23. The lowest BCUT2D eigenvalue weighted by Gasteiger charge is -2.15. The molecule has 1 saturated heterocycles. The van der Waals surface area contributed by atoms with Crippen LogP contribution in [0.15, 0.2) is 18.2 Å². The van der Waals surface area contributed by atoms with Crippen LogP contribution in [0.2, 0.25) is 0 Å². The topological polar surface area (TPSA) is 21.3 Å². The molecule has 17 heavy (non-hydrogen) atoms. The summed E-state index contributed by atoms with van der Waals surface area (Å²) in [5, 5.41) is 3.55. The van der Waals surface area contributed by atoms with Gasteiger partial charge in [0.25, 0.3) is 0 Å². The molecule has 1 atom stereocenters. The van der Waals surface area contributed by atoms with Crippen molar-refractivity contribution >= 4 is 0 Å². The van der Waals surface area contributed by atoms with Gasteiger partial charge in [-0.3, -0.25) is 0 Å². The largest absolute Gasteiger partial charge is 0.496 e. The molecule has 0 aromatic heterocycles. The van der Waals surface area contributed by atoms with Crippen LogP contribution < -0.4 is 10.1 Å². The predicted molar refractivity (Wildman–Crippen MR) is 71.8 cm³/mol. The van der Waals surface area contributed by atoms with Crippen LogP contribution in [-0.4, -0.2) is 19.7 Å². The number of nitrogens with one attached hydrogen (secondary N) is 1. The standard InChI is InChI=1S/C15H23NO/c1-11(2)14-10-12(6-7-15(14)17-3)9-13-5-4-8-16-13/h6-7,10-11,13,16H,4-5,8-9H2,1-3H3. The Labute approximate surface area is 104 Å². The minimum Gasteiger partial charge on any atom is -0.496 e. The molecule has 1 aliphatic heterocycles. The molecule has 1 unspecified atom stereocenters. The Balaban J connectivity index is 2.14. The van der Waals surface area contributed by atoms with Gasteiger partial charge in [-0.2, -0.15) is 0 Å². The van der Waals surface area contributed by atoms with Crippen LogP contribution in [0.5, 0.6) is 5.75 Å². The van der Waals surface area contributed by atoms with Crippen molar-refractivity contribution in [3.8, 4) is 5.75 Å². The number of benzene rings is 1. The lowest BCUT2D eigenvalue weighted by atomic mass is 9.96. The van der Waals surface area contributed by atoms with E-state index >= 15 is 0 Å². The normalized spacial score (nSPS) is 19.9. The number of ether oxygens (including phenoxy) is 1. The Morgan fingerprint density at radius 1 is 1.41 bits per heavy atom. The van der Waals surface area contributed by atoms with Crippen LogP contribution in [0.3, 0.4) is 0 Å². The maximum Gasteiger partial charge on any atom is 0.122 e. The maximum absolute atomic E-state index is 5.42. The Morgan fingerprint density at radius 2 is 2.24 bits per heavy atom. The molecule has 1 aromatic carbocycles. The van der Waals surface area contributed by atoms with E-state index in [4.69, 9.17) is 4.74 Å². The van der Waals surface area contributed by atoms with Crippen molar-refractivity contribution < 1.29 is 4.74 Å². The molecule has 0 radical (unpaired) electrons. The van der Waals surface area contributed by atoms with Crippen LogP contribution in [0, 0.1) is 0 Å². The minimum absolute atomic E-state index is 0.515. The Bertz CT molecular complexity index is 367. The molecule has 1 aliphatic rings. The summed E-state index contributed by atoms with van der Waals surface area (Å²) in [6.45, 7) is 5.61. The fraction of sp³-hybridized carbons (Fsp3) is 0.600. The third kappa shape index (κ3) is 3.01. The van der Waals surface area contributed by atoms with Crippen molar-refractivity contribution in [1.29, 1.82) is 0 Å². The van der Waals surface area contributed by atoms with Gasteiger partial charge < -0.3 is 10.1 Å². The highest BCUT2D eigenvalue weighted by Crippen LogP contribution is 2.28. The SMILES string of the molecule is COc1ccc(CC2CCCN2)cc1C(C)C. The van der Waals surface area contributed by atoms with Crippen molar-refractivity contribution in [2.75, 3.05) is 13.7 Å². The van der Waals surface area contributed by atoms with Gasteiger partial charge in [0.2, 0.25) is 0 Å². The minimum atomic E-state index is 0.515. The van der Waals surface area contributed by atoms with Gasteiger partial charge in [-0.25, -0.2) is 0 Å². The fourth-order valence-corrected chi connectivity index (χ4v) is 2.58. The van der Waals surface area contributed by atoms with Gasteiger partial charge in [0.05, 0.1) is 7.11 Å². The van der Waals surface area contributed by atoms with Crippen LogP contribution in [0.1, 0.15) is 43.7 Å². The molecule has 2 rings (SSSR count). The van der Waals surface area contributed by atoms with E-state index in [0.29, 0.717) is 12.0 Å². The zero-order valence-corrected chi connectivity index (χ0v) is 11.1. The zero-order valence-electron chi connectivity index (χ0n) is 11.1. The summed E-state index contributed by atoms with van der Waals surface area (Å²) in [5.41, 5.74) is 2.75. The monoisotopic (exact) mass is 233 g/mol. The summed E-state index contributed by atoms with van der Waals surface area (Å²) in [4.78, 5) is 0. The zero-order chi connectivity index (χ0) is 12.3. The van der Waals surface area contributed by atoms with E-state index in [1.807, 2.05) is 0 Å². The lowest BCUT2D eigenvalue weighted by Crippen LogP contribution is -2.23. The highest BCUT2D eigenvalue weighted by Gasteiger charge is 2.15. The van der Waals surface area contributed by atoms with E-state index in [-0.39, 0.29) is 0 Å². The first-order valence-corrected chi connectivity index (χ1v) is 6.61. The third-order valence-electron chi connectivity index (χ3n) is 3.56. The van der Waals surface area contributed by atoms with Gasteiger partial charge in [0.15, 0.2) is 0 Å². The number of hydrogen-bond acceptors (Lipinski definition) is 2. The molecule has 94 valence electrons. The van der Waals surface area contributed by atoms with E-state index in [1.165, 1.54) is 30.5 Å². The predicted octanol–water partition coefficient (Wildman–Crippen LogP) is 3.11. The maximum atomic E-state index is 5.42. The molecular formula is C15H23NO. The molecule has 0 saturated carbocycles. The molecule has 1 heterocycles. The fourth-order valence-electron chi connectivity index (χ4n) is 2.58. The van der Waals surface area contributed by atoms with Crippen molar-refractivity contribution in [3.63, 3.8) is 0 Å². The third-order valence-corrected chi connectivity index (χ3v) is 3.56. The van der Waals surface area contributed by atoms with Crippen LogP contribution in [0.25, 0.3) is 0 Å². The molecule has 1 N–H and O–H groups in total. The first kappa shape index (κ1) is 12.4.